The van der Waals surface area contributed by atoms with E-state index < -0.39 is 0 Å². The highest BCUT2D eigenvalue weighted by molar-refractivity contribution is 5.83. The summed E-state index contributed by atoms with van der Waals surface area (Å²) in [4.78, 5) is 12.6. The van der Waals surface area contributed by atoms with Crippen LogP contribution in [0.25, 0.3) is 33.4 Å². The third kappa shape index (κ3) is 3.31. The quantitative estimate of drug-likeness (QED) is 0.520. The molecule has 0 unspecified atom stereocenters. The number of aryl methyl sites for hydroxylation is 1. The van der Waals surface area contributed by atoms with Gasteiger partial charge in [0.25, 0.3) is 0 Å². The summed E-state index contributed by atoms with van der Waals surface area (Å²) in [6.45, 7) is 6.29. The van der Waals surface area contributed by atoms with E-state index in [1.54, 1.807) is 0 Å². The molecule has 0 fully saturated rings. The Balaban J connectivity index is 1.63. The van der Waals surface area contributed by atoms with Crippen LogP contribution in [-0.2, 0) is 0 Å². The second-order valence-corrected chi connectivity index (χ2v) is 6.91. The SMILES string of the molecule is Cc1ccc(-c2ccc(-c3ccc4[nH]c(NC(C)C)nc4c3)nc2)cc1. The highest BCUT2D eigenvalue weighted by Crippen LogP contribution is 2.25. The average molecular weight is 342 g/mol. The maximum absolute atomic E-state index is 4.66. The van der Waals surface area contributed by atoms with E-state index in [1.807, 2.05) is 6.20 Å². The molecule has 0 aliphatic rings. The predicted octanol–water partition coefficient (Wildman–Crippen LogP) is 5.42. The minimum atomic E-state index is 0.339. The van der Waals surface area contributed by atoms with Gasteiger partial charge in [-0.3, -0.25) is 4.98 Å². The largest absolute Gasteiger partial charge is 0.354 e. The van der Waals surface area contributed by atoms with Crippen LogP contribution in [0.2, 0.25) is 0 Å². The number of pyridine rings is 1. The average Bonchev–Trinajstić information content (AvgIpc) is 3.03. The van der Waals surface area contributed by atoms with Gasteiger partial charge < -0.3 is 10.3 Å². The molecule has 0 atom stereocenters. The first-order valence-electron chi connectivity index (χ1n) is 8.88. The summed E-state index contributed by atoms with van der Waals surface area (Å²) in [5.41, 5.74) is 7.54. The number of aromatic nitrogens is 3. The molecule has 0 aliphatic carbocycles. The third-order valence-corrected chi connectivity index (χ3v) is 4.35. The molecule has 0 amide bonds. The maximum atomic E-state index is 4.66. The number of fused-ring (bicyclic) bond motifs is 1. The first-order chi connectivity index (χ1) is 12.6. The van der Waals surface area contributed by atoms with Gasteiger partial charge in [-0.25, -0.2) is 4.98 Å². The van der Waals surface area contributed by atoms with Gasteiger partial charge in [-0.15, -0.1) is 0 Å². The van der Waals surface area contributed by atoms with E-state index in [9.17, 15) is 0 Å². The van der Waals surface area contributed by atoms with Crippen molar-refractivity contribution in [2.75, 3.05) is 5.32 Å². The molecular weight excluding hydrogens is 320 g/mol. The van der Waals surface area contributed by atoms with Crippen LogP contribution in [0.5, 0.6) is 0 Å². The lowest BCUT2D eigenvalue weighted by Crippen LogP contribution is -2.10. The van der Waals surface area contributed by atoms with Gasteiger partial charge in [-0.2, -0.15) is 0 Å². The molecule has 2 heterocycles. The second-order valence-electron chi connectivity index (χ2n) is 6.91. The fraction of sp³-hybridized carbons (Fsp3) is 0.182. The molecule has 0 spiro atoms. The first kappa shape index (κ1) is 16.3. The third-order valence-electron chi connectivity index (χ3n) is 4.35. The van der Waals surface area contributed by atoms with E-state index in [2.05, 4.69) is 95.6 Å². The van der Waals surface area contributed by atoms with E-state index in [0.29, 0.717) is 6.04 Å². The van der Waals surface area contributed by atoms with Crippen molar-refractivity contribution in [1.82, 2.24) is 15.0 Å². The van der Waals surface area contributed by atoms with Crippen molar-refractivity contribution in [3.63, 3.8) is 0 Å². The monoisotopic (exact) mass is 342 g/mol. The molecule has 4 heteroatoms. The van der Waals surface area contributed by atoms with E-state index in [-0.39, 0.29) is 0 Å². The predicted molar refractivity (Wildman–Crippen MR) is 108 cm³/mol. The molecule has 0 saturated carbocycles. The second kappa shape index (κ2) is 6.64. The van der Waals surface area contributed by atoms with Gasteiger partial charge in [-0.1, -0.05) is 42.0 Å². The lowest BCUT2D eigenvalue weighted by Gasteiger charge is -2.05. The van der Waals surface area contributed by atoms with Crippen molar-refractivity contribution in [3.05, 3.63) is 66.4 Å². The van der Waals surface area contributed by atoms with Gasteiger partial charge in [0.05, 0.1) is 16.7 Å². The van der Waals surface area contributed by atoms with Gasteiger partial charge >= 0.3 is 0 Å². The number of hydrogen-bond acceptors (Lipinski definition) is 3. The zero-order valence-electron chi connectivity index (χ0n) is 15.2. The molecule has 2 N–H and O–H groups in total. The molecule has 4 nitrogen and oxygen atoms in total. The van der Waals surface area contributed by atoms with Crippen molar-refractivity contribution in [1.29, 1.82) is 0 Å². The summed E-state index contributed by atoms with van der Waals surface area (Å²) in [5.74, 6) is 0.801. The summed E-state index contributed by atoms with van der Waals surface area (Å²) in [5, 5.41) is 3.30. The molecule has 2 aromatic carbocycles. The van der Waals surface area contributed by atoms with Crippen LogP contribution in [0.3, 0.4) is 0 Å². The zero-order chi connectivity index (χ0) is 18.1. The molecule has 4 aromatic rings. The Morgan fingerprint density at radius 1 is 0.885 bits per heavy atom. The summed E-state index contributed by atoms with van der Waals surface area (Å²) in [6.07, 6.45) is 1.93. The van der Waals surface area contributed by atoms with Crippen LogP contribution in [0.4, 0.5) is 5.95 Å². The Morgan fingerprint density at radius 2 is 1.62 bits per heavy atom. The fourth-order valence-corrected chi connectivity index (χ4v) is 2.99. The molecule has 4 rings (SSSR count). The normalized spacial score (nSPS) is 11.2. The first-order valence-corrected chi connectivity index (χ1v) is 8.88. The van der Waals surface area contributed by atoms with Crippen molar-refractivity contribution in [2.24, 2.45) is 0 Å². The standard InChI is InChI=1S/C22H22N4/c1-14(2)24-22-25-20-11-8-17(12-21(20)26-22)19-10-9-18(13-23-19)16-6-4-15(3)5-7-16/h4-14H,1-3H3,(H2,24,25,26). The molecule has 0 saturated heterocycles. The number of imidazole rings is 1. The van der Waals surface area contributed by atoms with Crippen LogP contribution in [0.15, 0.2) is 60.8 Å². The van der Waals surface area contributed by atoms with Crippen molar-refractivity contribution in [3.8, 4) is 22.4 Å². The Labute approximate surface area is 153 Å². The number of H-pyrrole nitrogens is 1. The van der Waals surface area contributed by atoms with Crippen molar-refractivity contribution in [2.45, 2.75) is 26.8 Å². The molecular formula is C22H22N4. The molecule has 0 aliphatic heterocycles. The maximum Gasteiger partial charge on any atom is 0.201 e. The lowest BCUT2D eigenvalue weighted by atomic mass is 10.0. The molecule has 2 aromatic heterocycles. The van der Waals surface area contributed by atoms with E-state index in [1.165, 1.54) is 11.1 Å². The number of benzene rings is 2. The fourth-order valence-electron chi connectivity index (χ4n) is 2.99. The van der Waals surface area contributed by atoms with Crippen molar-refractivity contribution < 1.29 is 0 Å². The number of nitrogens with zero attached hydrogens (tertiary/aromatic N) is 2. The molecule has 0 radical (unpaired) electrons. The highest BCUT2D eigenvalue weighted by Gasteiger charge is 2.07. The summed E-state index contributed by atoms with van der Waals surface area (Å²) >= 11 is 0. The molecule has 26 heavy (non-hydrogen) atoms. The Morgan fingerprint density at radius 3 is 2.31 bits per heavy atom. The number of rotatable bonds is 4. The van der Waals surface area contributed by atoms with Crippen LogP contribution < -0.4 is 5.32 Å². The van der Waals surface area contributed by atoms with Gasteiger partial charge in [-0.05, 0) is 44.5 Å². The smallest absolute Gasteiger partial charge is 0.201 e. The molecule has 0 bridgehead atoms. The van der Waals surface area contributed by atoms with Crippen LogP contribution in [0.1, 0.15) is 19.4 Å². The van der Waals surface area contributed by atoms with Crippen molar-refractivity contribution >= 4 is 17.0 Å². The summed E-state index contributed by atoms with van der Waals surface area (Å²) < 4.78 is 0. The number of nitrogens with one attached hydrogen (secondary N) is 2. The minimum absolute atomic E-state index is 0.339. The van der Waals surface area contributed by atoms with Gasteiger partial charge in [0.2, 0.25) is 5.95 Å². The topological polar surface area (TPSA) is 53.6 Å². The van der Waals surface area contributed by atoms with Gasteiger partial charge in [0.15, 0.2) is 0 Å². The Hall–Kier alpha value is -3.14. The number of aromatic amines is 1. The lowest BCUT2D eigenvalue weighted by molar-refractivity contribution is 0.883. The van der Waals surface area contributed by atoms with Crippen LogP contribution in [-0.4, -0.2) is 21.0 Å². The molecule has 130 valence electrons. The van der Waals surface area contributed by atoms with Crippen LogP contribution in [0, 0.1) is 6.92 Å². The Bertz CT molecular complexity index is 1030. The van der Waals surface area contributed by atoms with Gasteiger partial charge in [0.1, 0.15) is 0 Å². The number of hydrogen-bond donors (Lipinski definition) is 2. The number of anilines is 1. The summed E-state index contributed by atoms with van der Waals surface area (Å²) in [6, 6.07) is 19.2. The van der Waals surface area contributed by atoms with E-state index >= 15 is 0 Å². The highest BCUT2D eigenvalue weighted by atomic mass is 15.1. The van der Waals surface area contributed by atoms with Gasteiger partial charge in [0, 0.05) is 23.4 Å². The minimum Gasteiger partial charge on any atom is -0.354 e. The van der Waals surface area contributed by atoms with E-state index in [0.717, 1.165) is 33.8 Å². The zero-order valence-corrected chi connectivity index (χ0v) is 15.2. The summed E-state index contributed by atoms with van der Waals surface area (Å²) in [7, 11) is 0. The Kier molecular flexibility index (Phi) is 4.17. The van der Waals surface area contributed by atoms with Crippen LogP contribution >= 0.6 is 0 Å². The van der Waals surface area contributed by atoms with E-state index in [4.69, 9.17) is 0 Å².